The van der Waals surface area contributed by atoms with Crippen LogP contribution in [-0.2, 0) is 11.0 Å². The van der Waals surface area contributed by atoms with Crippen LogP contribution in [0.15, 0.2) is 71.3 Å². The molecule has 0 fully saturated rings. The summed E-state index contributed by atoms with van der Waals surface area (Å²) < 4.78 is 45.6. The highest BCUT2D eigenvalue weighted by molar-refractivity contribution is 6.08. The molecule has 1 amide bonds. The van der Waals surface area contributed by atoms with Gasteiger partial charge in [-0.1, -0.05) is 35.9 Å². The van der Waals surface area contributed by atoms with Gasteiger partial charge in [-0.3, -0.25) is 4.79 Å². The fraction of sp³-hybridized carbons (Fsp3) is 0.227. The van der Waals surface area contributed by atoms with E-state index in [2.05, 4.69) is 5.32 Å². The zero-order valence-electron chi connectivity index (χ0n) is 15.7. The highest BCUT2D eigenvalue weighted by atomic mass is 19.4. The molecule has 0 aliphatic heterocycles. The number of anilines is 1. The Morgan fingerprint density at radius 1 is 1.04 bits per heavy atom. The van der Waals surface area contributed by atoms with E-state index < -0.39 is 17.7 Å². The number of amides is 1. The number of carbonyl (C=O) groups is 1. The summed E-state index contributed by atoms with van der Waals surface area (Å²) in [5.74, 6) is -0.462. The Bertz CT molecular complexity index is 974. The first kappa shape index (κ1) is 19.7. The van der Waals surface area contributed by atoms with E-state index in [4.69, 9.17) is 4.74 Å². The molecule has 1 atom stereocenters. The van der Waals surface area contributed by atoms with Crippen LogP contribution in [0.4, 0.5) is 18.9 Å². The summed E-state index contributed by atoms with van der Waals surface area (Å²) >= 11 is 0. The number of carbonyl (C=O) groups excluding carboxylic acids is 1. The third-order valence-corrected chi connectivity index (χ3v) is 4.86. The Morgan fingerprint density at radius 2 is 1.68 bits per heavy atom. The van der Waals surface area contributed by atoms with Gasteiger partial charge in [0.2, 0.25) is 0 Å². The van der Waals surface area contributed by atoms with Gasteiger partial charge in [-0.2, -0.15) is 13.2 Å². The molecule has 146 valence electrons. The molecule has 0 aromatic heterocycles. The van der Waals surface area contributed by atoms with Crippen LogP contribution in [0.5, 0.6) is 5.75 Å². The van der Waals surface area contributed by atoms with Gasteiger partial charge in [-0.25, -0.2) is 0 Å². The fourth-order valence-electron chi connectivity index (χ4n) is 3.59. The van der Waals surface area contributed by atoms with Gasteiger partial charge in [-0.05, 0) is 49.3 Å². The smallest absolute Gasteiger partial charge is 0.416 e. The first-order valence-electron chi connectivity index (χ1n) is 8.73. The van der Waals surface area contributed by atoms with Crippen molar-refractivity contribution in [3.8, 4) is 5.75 Å². The number of alkyl halides is 3. The second-order valence-corrected chi connectivity index (χ2v) is 6.66. The molecule has 1 unspecified atom stereocenters. The van der Waals surface area contributed by atoms with Gasteiger partial charge in [0.15, 0.2) is 0 Å². The number of benzene rings is 2. The molecular weight excluding hydrogens is 367 g/mol. The predicted octanol–water partition coefficient (Wildman–Crippen LogP) is 5.71. The molecule has 28 heavy (non-hydrogen) atoms. The fourth-order valence-corrected chi connectivity index (χ4v) is 3.59. The normalized spacial score (nSPS) is 16.8. The number of ether oxygens (including phenoxy) is 1. The number of hydrogen-bond acceptors (Lipinski definition) is 2. The number of para-hydroxylation sites is 2. The van der Waals surface area contributed by atoms with Crippen LogP contribution < -0.4 is 10.1 Å². The minimum atomic E-state index is -4.46. The van der Waals surface area contributed by atoms with Crippen LogP contribution in [0.25, 0.3) is 0 Å². The lowest BCUT2D eigenvalue weighted by Gasteiger charge is -2.21. The Morgan fingerprint density at radius 3 is 2.36 bits per heavy atom. The van der Waals surface area contributed by atoms with Crippen molar-refractivity contribution < 1.29 is 22.7 Å². The topological polar surface area (TPSA) is 38.3 Å². The summed E-state index contributed by atoms with van der Waals surface area (Å²) in [4.78, 5) is 12.8. The van der Waals surface area contributed by atoms with Crippen LogP contribution in [0.3, 0.4) is 0 Å². The number of nitrogens with one attached hydrogen (secondary N) is 1. The maximum absolute atomic E-state index is 13.5. The molecule has 3 nitrogen and oxygen atoms in total. The molecule has 3 rings (SSSR count). The summed E-state index contributed by atoms with van der Waals surface area (Å²) in [5, 5.41) is 2.78. The van der Waals surface area contributed by atoms with Crippen molar-refractivity contribution in [1.29, 1.82) is 0 Å². The van der Waals surface area contributed by atoms with E-state index in [1.165, 1.54) is 19.2 Å². The molecule has 1 N–H and O–H groups in total. The van der Waals surface area contributed by atoms with Crippen molar-refractivity contribution >= 4 is 11.6 Å². The number of allylic oxidation sites excluding steroid dienone is 2. The second-order valence-electron chi connectivity index (χ2n) is 6.66. The molecule has 0 heterocycles. The van der Waals surface area contributed by atoms with Gasteiger partial charge in [-0.15, -0.1) is 0 Å². The summed E-state index contributed by atoms with van der Waals surface area (Å²) in [6.07, 6.45) is -2.81. The molecule has 0 bridgehead atoms. The maximum Gasteiger partial charge on any atom is 0.416 e. The first-order chi connectivity index (χ1) is 13.2. The molecular formula is C22H20F3NO2. The van der Waals surface area contributed by atoms with Crippen molar-refractivity contribution in [2.24, 2.45) is 0 Å². The van der Waals surface area contributed by atoms with Crippen molar-refractivity contribution in [2.45, 2.75) is 25.9 Å². The number of hydrogen-bond donors (Lipinski definition) is 1. The largest absolute Gasteiger partial charge is 0.495 e. The lowest BCUT2D eigenvalue weighted by molar-refractivity contribution is -0.138. The van der Waals surface area contributed by atoms with E-state index in [1.54, 1.807) is 50.3 Å². The zero-order chi connectivity index (χ0) is 20.5. The monoisotopic (exact) mass is 387 g/mol. The van der Waals surface area contributed by atoms with Crippen molar-refractivity contribution in [1.82, 2.24) is 0 Å². The standard InChI is InChI=1S/C22H20F3NO2/c1-13-12-16(21(27)26-18-10-6-7-11-19(18)28-3)14(2)20(13)15-8-4-5-9-17(15)22(23,24)25/h4-12,20H,1-3H3,(H,26,27). The number of halogens is 3. The van der Waals surface area contributed by atoms with Crippen LogP contribution in [0.2, 0.25) is 0 Å². The van der Waals surface area contributed by atoms with E-state index in [0.717, 1.165) is 6.07 Å². The minimum absolute atomic E-state index is 0.154. The minimum Gasteiger partial charge on any atom is -0.495 e. The predicted molar refractivity (Wildman–Crippen MR) is 102 cm³/mol. The average Bonchev–Trinajstić information content (AvgIpc) is 2.95. The van der Waals surface area contributed by atoms with Gasteiger partial charge < -0.3 is 10.1 Å². The summed E-state index contributed by atoms with van der Waals surface area (Å²) in [7, 11) is 1.50. The van der Waals surface area contributed by atoms with Crippen molar-refractivity contribution in [3.63, 3.8) is 0 Å². The molecule has 0 saturated heterocycles. The van der Waals surface area contributed by atoms with Gasteiger partial charge in [0.05, 0.1) is 18.4 Å². The maximum atomic E-state index is 13.5. The lowest BCUT2D eigenvalue weighted by Crippen LogP contribution is -2.15. The molecule has 0 spiro atoms. The van der Waals surface area contributed by atoms with Crippen LogP contribution in [0, 0.1) is 0 Å². The SMILES string of the molecule is COc1ccccc1NC(=O)C1=C(C)C(c2ccccc2C(F)(F)F)C(C)=C1. The van der Waals surface area contributed by atoms with Gasteiger partial charge in [0, 0.05) is 11.5 Å². The molecule has 6 heteroatoms. The zero-order valence-corrected chi connectivity index (χ0v) is 15.7. The number of rotatable bonds is 4. The Hall–Kier alpha value is -3.02. The highest BCUT2D eigenvalue weighted by Crippen LogP contribution is 2.44. The van der Waals surface area contributed by atoms with Crippen molar-refractivity contribution in [2.75, 3.05) is 12.4 Å². The van der Waals surface area contributed by atoms with Crippen molar-refractivity contribution in [3.05, 3.63) is 82.5 Å². The Labute approximate surface area is 161 Å². The van der Waals surface area contributed by atoms with E-state index in [-0.39, 0.29) is 11.5 Å². The molecule has 0 saturated carbocycles. The average molecular weight is 387 g/mol. The van der Waals surface area contributed by atoms with E-state index in [0.29, 0.717) is 28.2 Å². The van der Waals surface area contributed by atoms with Gasteiger partial charge >= 0.3 is 6.18 Å². The summed E-state index contributed by atoms with van der Waals surface area (Å²) in [6.45, 7) is 3.44. The Balaban J connectivity index is 1.97. The summed E-state index contributed by atoms with van der Waals surface area (Å²) in [5.41, 5.74) is 1.62. The van der Waals surface area contributed by atoms with E-state index >= 15 is 0 Å². The summed E-state index contributed by atoms with van der Waals surface area (Å²) in [6, 6.07) is 12.5. The molecule has 2 aromatic rings. The van der Waals surface area contributed by atoms with Gasteiger partial charge in [0.1, 0.15) is 5.75 Å². The first-order valence-corrected chi connectivity index (χ1v) is 8.73. The van der Waals surface area contributed by atoms with Crippen LogP contribution in [0.1, 0.15) is 30.9 Å². The van der Waals surface area contributed by atoms with Crippen LogP contribution >= 0.6 is 0 Å². The second kappa shape index (κ2) is 7.54. The third kappa shape index (κ3) is 3.67. The lowest BCUT2D eigenvalue weighted by atomic mass is 9.86. The molecule has 2 aromatic carbocycles. The highest BCUT2D eigenvalue weighted by Gasteiger charge is 2.37. The molecule has 1 aliphatic rings. The quantitative estimate of drug-likeness (QED) is 0.729. The van der Waals surface area contributed by atoms with E-state index in [9.17, 15) is 18.0 Å². The third-order valence-electron chi connectivity index (χ3n) is 4.86. The number of methoxy groups -OCH3 is 1. The van der Waals surface area contributed by atoms with Gasteiger partial charge in [0.25, 0.3) is 5.91 Å². The van der Waals surface area contributed by atoms with Crippen LogP contribution in [-0.4, -0.2) is 13.0 Å². The van der Waals surface area contributed by atoms with E-state index in [1.807, 2.05) is 0 Å². The molecule has 0 radical (unpaired) electrons. The Kier molecular flexibility index (Phi) is 5.31. The molecule has 1 aliphatic carbocycles.